The van der Waals surface area contributed by atoms with E-state index in [2.05, 4.69) is 125 Å². The van der Waals surface area contributed by atoms with Crippen LogP contribution >= 0.6 is 0 Å². The molecule has 0 heterocycles. The Kier molecular flexibility index (Phi) is 14.9. The minimum atomic E-state index is -5.72. The fourth-order valence-corrected chi connectivity index (χ4v) is 10.5. The predicted octanol–water partition coefficient (Wildman–Crippen LogP) is 10.8. The lowest BCUT2D eigenvalue weighted by atomic mass is 9.11. The van der Waals surface area contributed by atoms with E-state index in [0.717, 1.165) is 0 Å². The van der Waals surface area contributed by atoms with E-state index in [-0.39, 0.29) is 27.7 Å². The Labute approximate surface area is 415 Å². The highest BCUT2D eigenvalue weighted by molar-refractivity contribution is 7.21. The van der Waals surface area contributed by atoms with Crippen molar-refractivity contribution >= 4 is 56.0 Å². The van der Waals surface area contributed by atoms with Gasteiger partial charge in [0.2, 0.25) is 0 Å². The van der Waals surface area contributed by atoms with Crippen LogP contribution in [0.2, 0.25) is 0 Å². The highest BCUT2D eigenvalue weighted by atomic mass is 19.2. The SMILES string of the molecule is Cc1c(F)c(F)c(F)c(F)c1[B-](c1c(C)c(F)c(F)c(F)c1F)(c1c(C)c(F)c(F)c(F)c1F)c1c(C)c(F)c(F)c(F)c1F.Cc1ccc([B-](c2ccc(C)cc2)(c2ccc(C)cc2)c2ccc(C)cc2)cc1. The van der Waals surface area contributed by atoms with Gasteiger partial charge in [-0.25, -0.2) is 70.2 Å². The molecule has 8 aromatic rings. The molecule has 0 saturated heterocycles. The summed E-state index contributed by atoms with van der Waals surface area (Å²) in [4.78, 5) is 0. The van der Waals surface area contributed by atoms with Gasteiger partial charge < -0.3 is 0 Å². The molecule has 0 aliphatic carbocycles. The fraction of sp³-hybridized carbons (Fsp3) is 0.143. The molecule has 18 heteroatoms. The quantitative estimate of drug-likeness (QED) is 0.0616. The molecule has 8 rings (SSSR count). The minimum Gasteiger partial charge on any atom is -0.207 e. The van der Waals surface area contributed by atoms with E-state index in [1.807, 2.05) is 0 Å². The van der Waals surface area contributed by atoms with E-state index in [0.29, 0.717) is 0 Å². The molecule has 0 fully saturated rings. The predicted molar refractivity (Wildman–Crippen MR) is 257 cm³/mol. The standard InChI is InChI=1S/C28H12BF16.C28H28B/c1-5-9(17(34)25(42)21(38)13(5)30)29(10-6(2)14(31)22(39)26(43)18(10)35,11-7(3)15(32)23(40)27(44)19(11)36)12-8(4)16(33)24(41)28(45)20(12)37;1-21-5-13-25(14-6-21)29(26-15-7-22(2)8-16-26,27-17-9-23(3)10-18-27)28-19-11-24(4)12-20-28/h1-4H3;5-20H,1-4H3/q2*-1. The van der Waals surface area contributed by atoms with Crippen molar-refractivity contribution < 1.29 is 70.2 Å². The second kappa shape index (κ2) is 20.2. The summed E-state index contributed by atoms with van der Waals surface area (Å²) in [5, 5.41) is 0. The van der Waals surface area contributed by atoms with Gasteiger partial charge in [-0.1, -0.05) is 119 Å². The van der Waals surface area contributed by atoms with Gasteiger partial charge >= 0.3 is 0 Å². The molecule has 0 amide bonds. The third kappa shape index (κ3) is 8.43. The normalized spacial score (nSPS) is 11.8. The Bertz CT molecular complexity index is 2930. The summed E-state index contributed by atoms with van der Waals surface area (Å²) in [6.07, 6.45) is -6.99. The summed E-state index contributed by atoms with van der Waals surface area (Å²) >= 11 is 0. The number of benzene rings is 8. The third-order valence-electron chi connectivity index (χ3n) is 14.2. The van der Waals surface area contributed by atoms with Crippen LogP contribution in [0.5, 0.6) is 0 Å². The highest BCUT2D eigenvalue weighted by Gasteiger charge is 2.49. The molecular formula is C56H40B2F16-2. The molecule has 0 spiro atoms. The first-order valence-electron chi connectivity index (χ1n) is 22.6. The second-order valence-electron chi connectivity index (χ2n) is 18.6. The van der Waals surface area contributed by atoms with Crippen molar-refractivity contribution in [3.63, 3.8) is 0 Å². The van der Waals surface area contributed by atoms with E-state index in [1.165, 1.54) is 44.1 Å². The lowest BCUT2D eigenvalue weighted by molar-refractivity contribution is 0.405. The average Bonchev–Trinajstić information content (AvgIpc) is 3.38. The minimum absolute atomic E-state index is 0.253. The molecule has 0 atom stereocenters. The smallest absolute Gasteiger partial charge is 0.197 e. The van der Waals surface area contributed by atoms with Crippen molar-refractivity contribution in [1.29, 1.82) is 0 Å². The van der Waals surface area contributed by atoms with Crippen molar-refractivity contribution in [2.75, 3.05) is 0 Å². The molecule has 8 aromatic carbocycles. The van der Waals surface area contributed by atoms with Crippen LogP contribution in [0.4, 0.5) is 70.2 Å². The summed E-state index contributed by atoms with van der Waals surface area (Å²) in [5.41, 5.74) is -5.10. The molecule has 0 N–H and O–H groups in total. The topological polar surface area (TPSA) is 0 Å². The Morgan fingerprint density at radius 2 is 0.338 bits per heavy atom. The number of hydrogen-bond donors (Lipinski definition) is 0. The maximum Gasteiger partial charge on any atom is 0.197 e. The zero-order valence-corrected chi connectivity index (χ0v) is 40.4. The Hall–Kier alpha value is -7.23. The molecule has 0 aliphatic heterocycles. The van der Waals surface area contributed by atoms with Crippen molar-refractivity contribution in [2.24, 2.45) is 0 Å². The van der Waals surface area contributed by atoms with Gasteiger partial charge in [-0.15, -0.1) is 0 Å². The van der Waals surface area contributed by atoms with Crippen molar-refractivity contribution in [3.05, 3.63) is 235 Å². The second-order valence-corrected chi connectivity index (χ2v) is 18.6. The zero-order chi connectivity index (χ0) is 54.8. The van der Waals surface area contributed by atoms with Crippen molar-refractivity contribution in [2.45, 2.75) is 55.4 Å². The van der Waals surface area contributed by atoms with Crippen LogP contribution in [-0.2, 0) is 0 Å². The molecule has 0 unspecified atom stereocenters. The molecule has 384 valence electrons. The van der Waals surface area contributed by atoms with E-state index in [1.54, 1.807) is 0 Å². The highest BCUT2D eigenvalue weighted by Crippen LogP contribution is 2.31. The van der Waals surface area contributed by atoms with Gasteiger partial charge in [0.1, 0.15) is 35.6 Å². The Balaban J connectivity index is 0.000000237. The lowest BCUT2D eigenvalue weighted by Crippen LogP contribution is -2.80. The van der Waals surface area contributed by atoms with Crippen LogP contribution in [0, 0.1) is 148 Å². The van der Waals surface area contributed by atoms with Gasteiger partial charge in [0.15, 0.2) is 69.8 Å². The van der Waals surface area contributed by atoms with Gasteiger partial charge in [-0.3, -0.25) is 0 Å². The number of halogens is 16. The van der Waals surface area contributed by atoms with Crippen LogP contribution < -0.4 is 43.7 Å². The fourth-order valence-electron chi connectivity index (χ4n) is 10.5. The third-order valence-corrected chi connectivity index (χ3v) is 14.2. The lowest BCUT2D eigenvalue weighted by Gasteiger charge is -2.48. The first kappa shape index (κ1) is 54.5. The maximum absolute atomic E-state index is 16.0. The Morgan fingerprint density at radius 1 is 0.189 bits per heavy atom. The summed E-state index contributed by atoms with van der Waals surface area (Å²) in [6, 6.07) is 36.4. The summed E-state index contributed by atoms with van der Waals surface area (Å²) < 4.78 is 241. The maximum atomic E-state index is 16.0. The first-order valence-corrected chi connectivity index (χ1v) is 22.6. The molecule has 74 heavy (non-hydrogen) atoms. The van der Waals surface area contributed by atoms with Crippen LogP contribution in [0.15, 0.2) is 97.1 Å². The van der Waals surface area contributed by atoms with E-state index in [4.69, 9.17) is 0 Å². The van der Waals surface area contributed by atoms with Gasteiger partial charge in [0, 0.05) is 0 Å². The van der Waals surface area contributed by atoms with Gasteiger partial charge in [-0.2, -0.15) is 43.7 Å². The number of aryl methyl sites for hydroxylation is 4. The summed E-state index contributed by atoms with van der Waals surface area (Å²) in [7, 11) is 0. The molecule has 0 aliphatic rings. The van der Waals surface area contributed by atoms with Crippen molar-refractivity contribution in [1.82, 2.24) is 0 Å². The van der Waals surface area contributed by atoms with Crippen LogP contribution in [-0.4, -0.2) is 12.3 Å². The largest absolute Gasteiger partial charge is 0.207 e. The average molecular weight is 1040 g/mol. The van der Waals surface area contributed by atoms with E-state index in [9.17, 15) is 35.1 Å². The zero-order valence-electron chi connectivity index (χ0n) is 40.4. The number of hydrogen-bond acceptors (Lipinski definition) is 0. The van der Waals surface area contributed by atoms with Crippen LogP contribution in [0.1, 0.15) is 44.5 Å². The summed E-state index contributed by atoms with van der Waals surface area (Å²) in [6.45, 7) is 9.63. The van der Waals surface area contributed by atoms with E-state index < -0.39 is 149 Å². The van der Waals surface area contributed by atoms with E-state index >= 15 is 35.1 Å². The molecule has 0 nitrogen and oxygen atoms in total. The Morgan fingerprint density at radius 3 is 0.500 bits per heavy atom. The van der Waals surface area contributed by atoms with Crippen LogP contribution in [0.25, 0.3) is 0 Å². The van der Waals surface area contributed by atoms with Gasteiger partial charge in [0.25, 0.3) is 0 Å². The molecule has 0 radical (unpaired) electrons. The molecular weight excluding hydrogens is 998 g/mol. The summed E-state index contributed by atoms with van der Waals surface area (Å²) in [5.74, 6) is -43.8. The molecule has 0 saturated carbocycles. The molecule has 0 bridgehead atoms. The monoisotopic (exact) mass is 1040 g/mol. The van der Waals surface area contributed by atoms with Crippen LogP contribution in [0.3, 0.4) is 0 Å². The van der Waals surface area contributed by atoms with Gasteiger partial charge in [-0.05, 0) is 77.6 Å². The first-order chi connectivity index (χ1) is 34.7. The van der Waals surface area contributed by atoms with Crippen molar-refractivity contribution in [3.8, 4) is 0 Å². The van der Waals surface area contributed by atoms with Gasteiger partial charge in [0.05, 0.1) is 0 Å². The molecule has 0 aromatic heterocycles. The number of rotatable bonds is 8.